The molecule has 0 saturated carbocycles. The van der Waals surface area contributed by atoms with Crippen molar-refractivity contribution in [1.29, 1.82) is 0 Å². The van der Waals surface area contributed by atoms with E-state index in [0.717, 1.165) is 24.2 Å². The van der Waals surface area contributed by atoms with E-state index in [1.54, 1.807) is 0 Å². The minimum Gasteiger partial charge on any atom is -0.326 e. The lowest BCUT2D eigenvalue weighted by Gasteiger charge is -2.37. The van der Waals surface area contributed by atoms with Crippen molar-refractivity contribution in [1.82, 2.24) is 9.55 Å². The molecule has 2 aromatic rings. The molecule has 0 aliphatic carbocycles. The Kier molecular flexibility index (Phi) is 4.19. The number of fused-ring (bicyclic) bond motifs is 1. The minimum atomic E-state index is 0.100. The molecule has 110 valence electrons. The standard InChI is InChI=1S/C17H27N3/c1-6-12(18)16(17(3,4)5)20-14-11-9-8-10-13(14)19-15(20)7-2/h8-12,16H,6-7,18H2,1-5H3. The number of benzene rings is 1. The lowest BCUT2D eigenvalue weighted by Crippen LogP contribution is -2.40. The molecule has 0 radical (unpaired) electrons. The van der Waals surface area contributed by atoms with Crippen LogP contribution in [0.4, 0.5) is 0 Å². The maximum absolute atomic E-state index is 6.46. The summed E-state index contributed by atoms with van der Waals surface area (Å²) in [6.45, 7) is 11.1. The van der Waals surface area contributed by atoms with Gasteiger partial charge in [0, 0.05) is 12.5 Å². The highest BCUT2D eigenvalue weighted by atomic mass is 15.1. The third-order valence-electron chi connectivity index (χ3n) is 4.03. The Hall–Kier alpha value is -1.35. The van der Waals surface area contributed by atoms with Gasteiger partial charge in [-0.25, -0.2) is 4.98 Å². The number of nitrogens with two attached hydrogens (primary N) is 1. The molecule has 0 fully saturated rings. The second-order valence-corrected chi connectivity index (χ2v) is 6.62. The topological polar surface area (TPSA) is 43.8 Å². The van der Waals surface area contributed by atoms with E-state index < -0.39 is 0 Å². The van der Waals surface area contributed by atoms with E-state index in [1.807, 2.05) is 6.07 Å². The molecule has 1 aromatic heterocycles. The number of hydrogen-bond donors (Lipinski definition) is 1. The molecular weight excluding hydrogens is 246 g/mol. The van der Waals surface area contributed by atoms with Gasteiger partial charge in [0.25, 0.3) is 0 Å². The zero-order valence-electron chi connectivity index (χ0n) is 13.4. The van der Waals surface area contributed by atoms with Gasteiger partial charge >= 0.3 is 0 Å². The molecule has 1 aromatic carbocycles. The van der Waals surface area contributed by atoms with Crippen LogP contribution < -0.4 is 5.73 Å². The highest BCUT2D eigenvalue weighted by Crippen LogP contribution is 2.37. The van der Waals surface area contributed by atoms with Crippen molar-refractivity contribution < 1.29 is 0 Å². The van der Waals surface area contributed by atoms with Gasteiger partial charge in [0.2, 0.25) is 0 Å². The quantitative estimate of drug-likeness (QED) is 0.917. The van der Waals surface area contributed by atoms with Gasteiger partial charge in [-0.05, 0) is 24.0 Å². The summed E-state index contributed by atoms with van der Waals surface area (Å²) in [5, 5.41) is 0. The summed E-state index contributed by atoms with van der Waals surface area (Å²) < 4.78 is 2.38. The molecule has 0 aliphatic rings. The number of nitrogens with zero attached hydrogens (tertiary/aromatic N) is 2. The Balaban J connectivity index is 2.69. The lowest BCUT2D eigenvalue weighted by molar-refractivity contribution is 0.202. The monoisotopic (exact) mass is 273 g/mol. The zero-order valence-corrected chi connectivity index (χ0v) is 13.4. The maximum atomic E-state index is 6.46. The molecule has 2 unspecified atom stereocenters. The zero-order chi connectivity index (χ0) is 14.9. The van der Waals surface area contributed by atoms with Gasteiger partial charge in [-0.2, -0.15) is 0 Å². The number of aryl methyl sites for hydroxylation is 1. The van der Waals surface area contributed by atoms with E-state index in [0.29, 0.717) is 0 Å². The molecule has 0 aliphatic heterocycles. The van der Waals surface area contributed by atoms with Crippen molar-refractivity contribution in [2.75, 3.05) is 0 Å². The Morgan fingerprint density at radius 3 is 2.40 bits per heavy atom. The van der Waals surface area contributed by atoms with Gasteiger partial charge in [0.05, 0.1) is 17.1 Å². The van der Waals surface area contributed by atoms with Crippen molar-refractivity contribution in [3.63, 3.8) is 0 Å². The highest BCUT2D eigenvalue weighted by molar-refractivity contribution is 5.76. The molecule has 20 heavy (non-hydrogen) atoms. The Morgan fingerprint density at radius 1 is 1.20 bits per heavy atom. The van der Waals surface area contributed by atoms with Gasteiger partial charge in [-0.1, -0.05) is 46.8 Å². The van der Waals surface area contributed by atoms with Gasteiger partial charge in [0.15, 0.2) is 0 Å². The Bertz CT molecular complexity index is 577. The fourth-order valence-electron chi connectivity index (χ4n) is 3.10. The van der Waals surface area contributed by atoms with Crippen molar-refractivity contribution >= 4 is 11.0 Å². The van der Waals surface area contributed by atoms with Crippen molar-refractivity contribution in [3.05, 3.63) is 30.1 Å². The molecule has 2 rings (SSSR count). The second kappa shape index (κ2) is 5.57. The third kappa shape index (κ3) is 2.59. The first-order valence-corrected chi connectivity index (χ1v) is 7.61. The fraction of sp³-hybridized carbons (Fsp3) is 0.588. The van der Waals surface area contributed by atoms with Crippen LogP contribution in [0.2, 0.25) is 0 Å². The van der Waals surface area contributed by atoms with Crippen LogP contribution in [0.5, 0.6) is 0 Å². The van der Waals surface area contributed by atoms with Crippen LogP contribution in [0.15, 0.2) is 24.3 Å². The molecule has 2 N–H and O–H groups in total. The summed E-state index contributed by atoms with van der Waals surface area (Å²) in [4.78, 5) is 4.79. The summed E-state index contributed by atoms with van der Waals surface area (Å²) in [7, 11) is 0. The average molecular weight is 273 g/mol. The van der Waals surface area contributed by atoms with Crippen LogP contribution >= 0.6 is 0 Å². The van der Waals surface area contributed by atoms with Gasteiger partial charge in [-0.3, -0.25) is 0 Å². The minimum absolute atomic E-state index is 0.100. The van der Waals surface area contributed by atoms with Crippen LogP contribution in [-0.4, -0.2) is 15.6 Å². The van der Waals surface area contributed by atoms with E-state index in [2.05, 4.69) is 57.4 Å². The smallest absolute Gasteiger partial charge is 0.109 e. The molecule has 3 nitrogen and oxygen atoms in total. The Morgan fingerprint density at radius 2 is 1.85 bits per heavy atom. The molecule has 0 spiro atoms. The molecule has 2 atom stereocenters. The number of rotatable bonds is 4. The molecule has 0 amide bonds. The molecule has 3 heteroatoms. The molecule has 1 heterocycles. The number of para-hydroxylation sites is 2. The van der Waals surface area contributed by atoms with Crippen molar-refractivity contribution in [2.24, 2.45) is 11.1 Å². The van der Waals surface area contributed by atoms with Gasteiger partial charge < -0.3 is 10.3 Å². The lowest BCUT2D eigenvalue weighted by atomic mass is 9.81. The predicted molar refractivity (Wildman–Crippen MR) is 85.9 cm³/mol. The predicted octanol–water partition coefficient (Wildman–Crippen LogP) is 3.92. The van der Waals surface area contributed by atoms with Gasteiger partial charge in [-0.15, -0.1) is 0 Å². The van der Waals surface area contributed by atoms with E-state index in [4.69, 9.17) is 10.7 Å². The summed E-state index contributed by atoms with van der Waals surface area (Å²) in [6, 6.07) is 8.76. The first kappa shape index (κ1) is 15.0. The van der Waals surface area contributed by atoms with Crippen LogP contribution in [0, 0.1) is 5.41 Å². The van der Waals surface area contributed by atoms with E-state index >= 15 is 0 Å². The number of aromatic nitrogens is 2. The second-order valence-electron chi connectivity index (χ2n) is 6.62. The van der Waals surface area contributed by atoms with Crippen LogP contribution in [0.1, 0.15) is 52.9 Å². The van der Waals surface area contributed by atoms with Crippen LogP contribution in [0.25, 0.3) is 11.0 Å². The number of imidazole rings is 1. The first-order chi connectivity index (χ1) is 9.40. The normalized spacial score (nSPS) is 15.5. The summed E-state index contributed by atoms with van der Waals surface area (Å²) in [5.41, 5.74) is 8.83. The van der Waals surface area contributed by atoms with Crippen LogP contribution in [0.3, 0.4) is 0 Å². The maximum Gasteiger partial charge on any atom is 0.109 e. The molecule has 0 saturated heterocycles. The van der Waals surface area contributed by atoms with Crippen molar-refractivity contribution in [2.45, 2.75) is 59.5 Å². The summed E-state index contributed by atoms with van der Waals surface area (Å²) >= 11 is 0. The van der Waals surface area contributed by atoms with E-state index in [1.165, 1.54) is 5.52 Å². The summed E-state index contributed by atoms with van der Waals surface area (Å²) in [5.74, 6) is 1.13. The largest absolute Gasteiger partial charge is 0.326 e. The van der Waals surface area contributed by atoms with Crippen LogP contribution in [-0.2, 0) is 6.42 Å². The third-order valence-corrected chi connectivity index (χ3v) is 4.03. The van der Waals surface area contributed by atoms with E-state index in [-0.39, 0.29) is 17.5 Å². The Labute approximate surface area is 122 Å². The SMILES string of the molecule is CCc1nc2ccccc2n1C(C(N)CC)C(C)(C)C. The van der Waals surface area contributed by atoms with E-state index in [9.17, 15) is 0 Å². The fourth-order valence-corrected chi connectivity index (χ4v) is 3.10. The molecule has 0 bridgehead atoms. The number of hydrogen-bond acceptors (Lipinski definition) is 2. The van der Waals surface area contributed by atoms with Gasteiger partial charge in [0.1, 0.15) is 5.82 Å². The van der Waals surface area contributed by atoms with Crippen molar-refractivity contribution in [3.8, 4) is 0 Å². The summed E-state index contributed by atoms with van der Waals surface area (Å²) in [6.07, 6.45) is 1.90. The molecular formula is C17H27N3. The highest BCUT2D eigenvalue weighted by Gasteiger charge is 2.33. The first-order valence-electron chi connectivity index (χ1n) is 7.61. The average Bonchev–Trinajstić information content (AvgIpc) is 2.76.